The molecule has 172 valence electrons. The van der Waals surface area contributed by atoms with Crippen molar-refractivity contribution in [2.45, 2.75) is 19.6 Å². The van der Waals surface area contributed by atoms with Crippen molar-refractivity contribution in [3.8, 4) is 16.8 Å². The van der Waals surface area contributed by atoms with E-state index in [1.807, 2.05) is 42.7 Å². The number of para-hydroxylation sites is 1. The molecule has 2 heterocycles. The number of rotatable bonds is 5. The Morgan fingerprint density at radius 3 is 1.67 bits per heavy atom. The van der Waals surface area contributed by atoms with Gasteiger partial charge in [-0.2, -0.15) is 9.13 Å². The maximum Gasteiger partial charge on any atom is 0.398 e. The Morgan fingerprint density at radius 1 is 0.697 bits per heavy atom. The first-order valence-electron chi connectivity index (χ1n) is 10.0. The number of hydrogen-bond acceptors (Lipinski definition) is 1. The maximum absolute atomic E-state index is 12.2. The molecule has 4 aromatic rings. The van der Waals surface area contributed by atoms with Crippen molar-refractivity contribution < 1.29 is 48.3 Å². The second-order valence-corrected chi connectivity index (χ2v) is 9.31. The summed E-state index contributed by atoms with van der Waals surface area (Å²) in [5, 5.41) is 0. The van der Waals surface area contributed by atoms with Gasteiger partial charge < -0.3 is 34.6 Å². The largest absolute Gasteiger partial charge is 1.00 e. The Hall–Kier alpha value is -2.53. The lowest BCUT2D eigenvalue weighted by atomic mass is 10.1. The van der Waals surface area contributed by atoms with Gasteiger partial charge >= 0.3 is 7.60 Å². The van der Waals surface area contributed by atoms with Crippen molar-refractivity contribution in [2.24, 2.45) is 0 Å². The molecule has 0 amide bonds. The van der Waals surface area contributed by atoms with Crippen molar-refractivity contribution in [3.05, 3.63) is 114 Å². The van der Waals surface area contributed by atoms with Crippen molar-refractivity contribution >= 4 is 7.60 Å². The van der Waals surface area contributed by atoms with Crippen LogP contribution in [0.3, 0.4) is 0 Å². The summed E-state index contributed by atoms with van der Waals surface area (Å²) >= 11 is 0. The first-order valence-corrected chi connectivity index (χ1v) is 11.7. The van der Waals surface area contributed by atoms with E-state index in [9.17, 15) is 14.4 Å². The van der Waals surface area contributed by atoms with Gasteiger partial charge in [0.2, 0.25) is 5.69 Å². The van der Waals surface area contributed by atoms with Gasteiger partial charge in [-0.05, 0) is 25.0 Å². The summed E-state index contributed by atoms with van der Waals surface area (Å²) in [5.41, 5.74) is 6.17. The number of halogens is 2. The minimum Gasteiger partial charge on any atom is -1.00 e. The number of hydrogen-bond donors (Lipinski definition) is 2. The summed E-state index contributed by atoms with van der Waals surface area (Å²) in [6.45, 7) is 4.20. The third-order valence-electron chi connectivity index (χ3n) is 5.41. The molecular formula is C25H25Cl2N2O3P. The molecule has 2 aromatic heterocycles. The third kappa shape index (κ3) is 5.89. The molecule has 8 heteroatoms. The third-order valence-corrected chi connectivity index (χ3v) is 6.61. The molecule has 2 N–H and O–H groups in total. The van der Waals surface area contributed by atoms with E-state index in [-0.39, 0.29) is 24.8 Å². The summed E-state index contributed by atoms with van der Waals surface area (Å²) in [6, 6.07) is 23.0. The molecule has 0 saturated heterocycles. The molecular weight excluding hydrogens is 478 g/mol. The highest BCUT2D eigenvalue weighted by Gasteiger charge is 2.38. The zero-order valence-electron chi connectivity index (χ0n) is 18.2. The maximum atomic E-state index is 12.2. The van der Waals surface area contributed by atoms with E-state index >= 15 is 0 Å². The van der Waals surface area contributed by atoms with Crippen LogP contribution < -0.4 is 33.9 Å². The molecule has 0 fully saturated rings. The van der Waals surface area contributed by atoms with Crippen LogP contribution in [0.1, 0.15) is 22.5 Å². The zero-order chi connectivity index (χ0) is 22.0. The predicted molar refractivity (Wildman–Crippen MR) is 120 cm³/mol. The summed E-state index contributed by atoms with van der Waals surface area (Å²) in [6.07, 6.45) is 7.51. The van der Waals surface area contributed by atoms with Crippen molar-refractivity contribution in [1.82, 2.24) is 0 Å². The molecule has 0 saturated carbocycles. The monoisotopic (exact) mass is 502 g/mol. The van der Waals surface area contributed by atoms with E-state index in [0.717, 1.165) is 11.1 Å². The molecule has 0 bridgehead atoms. The average Bonchev–Trinajstić information content (AvgIpc) is 2.75. The van der Waals surface area contributed by atoms with Gasteiger partial charge in [0, 0.05) is 41.0 Å². The average molecular weight is 503 g/mol. The first-order chi connectivity index (χ1) is 14.8. The number of aryl methyl sites for hydroxylation is 2. The molecule has 1 unspecified atom stereocenters. The van der Waals surface area contributed by atoms with Crippen LogP contribution in [0.25, 0.3) is 16.8 Å². The van der Waals surface area contributed by atoms with E-state index in [1.165, 1.54) is 16.8 Å². The van der Waals surface area contributed by atoms with Gasteiger partial charge in [0.25, 0.3) is 5.78 Å². The van der Waals surface area contributed by atoms with Gasteiger partial charge in [-0.15, -0.1) is 0 Å². The van der Waals surface area contributed by atoms with Crippen molar-refractivity contribution in [2.75, 3.05) is 0 Å². The molecule has 2 aromatic carbocycles. The fourth-order valence-corrected chi connectivity index (χ4v) is 5.00. The zero-order valence-corrected chi connectivity index (χ0v) is 20.6. The Balaban J connectivity index is 0.00000193. The summed E-state index contributed by atoms with van der Waals surface area (Å²) in [5.74, 6) is -1.05. The predicted octanol–water partition coefficient (Wildman–Crippen LogP) is -1.73. The van der Waals surface area contributed by atoms with Crippen LogP contribution in [0.15, 0.2) is 97.6 Å². The fraction of sp³-hybridized carbons (Fsp3) is 0.120. The summed E-state index contributed by atoms with van der Waals surface area (Å²) in [4.78, 5) is 19.9. The molecule has 0 spiro atoms. The minimum absolute atomic E-state index is 0. The summed E-state index contributed by atoms with van der Waals surface area (Å²) < 4.78 is 15.9. The van der Waals surface area contributed by atoms with Crippen LogP contribution in [0.4, 0.5) is 0 Å². The molecule has 0 aliphatic rings. The fourth-order valence-electron chi connectivity index (χ4n) is 3.94. The molecule has 4 rings (SSSR count). The number of benzene rings is 2. The number of pyridine rings is 2. The van der Waals surface area contributed by atoms with Crippen LogP contribution in [-0.2, 0) is 4.57 Å². The Bertz CT molecular complexity index is 1220. The second-order valence-electron chi connectivity index (χ2n) is 7.64. The van der Waals surface area contributed by atoms with Crippen molar-refractivity contribution in [3.63, 3.8) is 0 Å². The Labute approximate surface area is 206 Å². The van der Waals surface area contributed by atoms with Gasteiger partial charge in [-0.1, -0.05) is 48.5 Å². The van der Waals surface area contributed by atoms with Crippen LogP contribution in [0, 0.1) is 13.8 Å². The SMILES string of the molecule is Cc1cccc(C)c1-[n+]1ccc(-c2cc[n+](C(c3ccccc3)P(=O)(O)O)cc2)cc1.[Cl-].[Cl-]. The van der Waals surface area contributed by atoms with E-state index in [1.54, 1.807) is 41.2 Å². The van der Waals surface area contributed by atoms with E-state index < -0.39 is 13.4 Å². The standard InChI is InChI=1S/C25H23N2O3P.2ClH/c1-19-7-6-8-20(2)24(19)26-15-11-21(12-16-26)22-13-17-27(18-14-22)25(31(28,29)30)23-9-4-3-5-10-23;;/h3-18,25H,1-2H3;2*1H. The lowest BCUT2D eigenvalue weighted by Crippen LogP contribution is -3.00. The van der Waals surface area contributed by atoms with Crippen LogP contribution in [-0.4, -0.2) is 9.79 Å². The van der Waals surface area contributed by atoms with E-state index in [2.05, 4.69) is 36.6 Å². The lowest BCUT2D eigenvalue weighted by molar-refractivity contribution is -0.695. The topological polar surface area (TPSA) is 65.3 Å². The van der Waals surface area contributed by atoms with E-state index in [0.29, 0.717) is 5.56 Å². The van der Waals surface area contributed by atoms with Gasteiger partial charge in [-0.3, -0.25) is 4.57 Å². The quantitative estimate of drug-likeness (QED) is 0.252. The number of nitrogens with zero attached hydrogens (tertiary/aromatic N) is 2. The van der Waals surface area contributed by atoms with Crippen LogP contribution in [0.2, 0.25) is 0 Å². The Kier molecular flexibility index (Phi) is 8.96. The highest BCUT2D eigenvalue weighted by Crippen LogP contribution is 2.49. The van der Waals surface area contributed by atoms with Crippen molar-refractivity contribution in [1.29, 1.82) is 0 Å². The van der Waals surface area contributed by atoms with Crippen LogP contribution >= 0.6 is 7.60 Å². The van der Waals surface area contributed by atoms with Crippen LogP contribution in [0.5, 0.6) is 0 Å². The summed E-state index contributed by atoms with van der Waals surface area (Å²) in [7, 11) is -4.40. The molecule has 0 radical (unpaired) electrons. The van der Waals surface area contributed by atoms with E-state index in [4.69, 9.17) is 0 Å². The van der Waals surface area contributed by atoms with Gasteiger partial charge in [0.15, 0.2) is 24.8 Å². The number of aromatic nitrogens is 2. The second kappa shape index (κ2) is 11.1. The first kappa shape index (κ1) is 26.7. The Morgan fingerprint density at radius 2 is 1.18 bits per heavy atom. The molecule has 1 atom stereocenters. The minimum atomic E-state index is -4.40. The van der Waals surface area contributed by atoms with Gasteiger partial charge in [0.05, 0.1) is 0 Å². The molecule has 0 aliphatic carbocycles. The highest BCUT2D eigenvalue weighted by molar-refractivity contribution is 7.51. The highest BCUT2D eigenvalue weighted by atomic mass is 35.5. The molecule has 33 heavy (non-hydrogen) atoms. The van der Waals surface area contributed by atoms with Gasteiger partial charge in [-0.25, -0.2) is 0 Å². The molecule has 0 aliphatic heterocycles. The van der Waals surface area contributed by atoms with Gasteiger partial charge in [0.1, 0.15) is 0 Å². The smallest absolute Gasteiger partial charge is 0.398 e. The normalized spacial score (nSPS) is 11.8. The lowest BCUT2D eigenvalue weighted by Gasteiger charge is -2.14. The molecule has 5 nitrogen and oxygen atoms in total.